The van der Waals surface area contributed by atoms with Gasteiger partial charge in [0.2, 0.25) is 0 Å². The lowest BCUT2D eigenvalue weighted by Gasteiger charge is -2.16. The lowest BCUT2D eigenvalue weighted by molar-refractivity contribution is -0.115. The van der Waals surface area contributed by atoms with Crippen LogP contribution in [0.3, 0.4) is 0 Å². The molecule has 1 fully saturated rings. The molecule has 36 heavy (non-hydrogen) atoms. The second-order valence-electron chi connectivity index (χ2n) is 7.99. The van der Waals surface area contributed by atoms with Crippen LogP contribution >= 0.6 is 23.4 Å². The third-order valence-electron chi connectivity index (χ3n) is 5.44. The van der Waals surface area contributed by atoms with Crippen molar-refractivity contribution in [1.29, 1.82) is 0 Å². The molecule has 0 aliphatic carbocycles. The summed E-state index contributed by atoms with van der Waals surface area (Å²) in [5.41, 5.74) is 3.99. The molecule has 1 amide bonds. The molecule has 4 rings (SSSR count). The topological polar surface area (TPSA) is 59.9 Å². The minimum Gasteiger partial charge on any atom is -0.493 e. The highest BCUT2D eigenvalue weighted by Crippen LogP contribution is 2.37. The number of carbonyl (C=O) groups is 1. The van der Waals surface area contributed by atoms with Crippen LogP contribution in [0.2, 0.25) is 5.02 Å². The van der Waals surface area contributed by atoms with E-state index in [1.165, 1.54) is 23.9 Å². The first-order valence-electron chi connectivity index (χ1n) is 11.1. The van der Waals surface area contributed by atoms with Gasteiger partial charge in [0, 0.05) is 10.6 Å². The Morgan fingerprint density at radius 1 is 1.19 bits per heavy atom. The van der Waals surface area contributed by atoms with Crippen LogP contribution in [0.1, 0.15) is 22.3 Å². The first-order chi connectivity index (χ1) is 17.4. The number of hydrogen-bond donors (Lipinski definition) is 1. The van der Waals surface area contributed by atoms with Crippen LogP contribution in [0.25, 0.3) is 6.08 Å². The summed E-state index contributed by atoms with van der Waals surface area (Å²) in [6.45, 7) is 5.98. The number of benzene rings is 3. The van der Waals surface area contributed by atoms with Crippen molar-refractivity contribution in [3.63, 3.8) is 0 Å². The van der Waals surface area contributed by atoms with Crippen molar-refractivity contribution in [2.45, 2.75) is 20.0 Å². The fourth-order valence-electron chi connectivity index (χ4n) is 3.58. The molecule has 5 nitrogen and oxygen atoms in total. The Kier molecular flexibility index (Phi) is 8.13. The van der Waals surface area contributed by atoms with Gasteiger partial charge >= 0.3 is 0 Å². The van der Waals surface area contributed by atoms with Crippen molar-refractivity contribution < 1.29 is 18.7 Å². The second kappa shape index (κ2) is 11.5. The van der Waals surface area contributed by atoms with Gasteiger partial charge in [-0.3, -0.25) is 4.79 Å². The maximum Gasteiger partial charge on any atom is 0.264 e. The van der Waals surface area contributed by atoms with E-state index in [2.05, 4.69) is 16.9 Å². The Balaban J connectivity index is 1.60. The Hall–Kier alpha value is -3.55. The smallest absolute Gasteiger partial charge is 0.264 e. The number of thioether (sulfide) groups is 1. The van der Waals surface area contributed by atoms with Crippen molar-refractivity contribution in [2.75, 3.05) is 7.11 Å². The zero-order valence-electron chi connectivity index (χ0n) is 19.8. The molecule has 1 saturated heterocycles. The van der Waals surface area contributed by atoms with Gasteiger partial charge in [-0.25, -0.2) is 9.38 Å². The monoisotopic (exact) mass is 522 g/mol. The molecule has 1 heterocycles. The van der Waals surface area contributed by atoms with E-state index in [4.69, 9.17) is 21.1 Å². The summed E-state index contributed by atoms with van der Waals surface area (Å²) in [4.78, 5) is 17.7. The summed E-state index contributed by atoms with van der Waals surface area (Å²) in [6.07, 6.45) is 4.09. The zero-order valence-corrected chi connectivity index (χ0v) is 21.4. The third kappa shape index (κ3) is 5.98. The maximum atomic E-state index is 13.2. The highest BCUT2D eigenvalue weighted by atomic mass is 35.5. The summed E-state index contributed by atoms with van der Waals surface area (Å²) in [5.74, 6) is 0.561. The predicted octanol–water partition coefficient (Wildman–Crippen LogP) is 7.00. The van der Waals surface area contributed by atoms with Crippen molar-refractivity contribution >= 4 is 46.2 Å². The molecule has 8 heteroatoms. The number of halogens is 2. The molecule has 184 valence electrons. The molecular formula is C28H24ClFN2O3S. The van der Waals surface area contributed by atoms with E-state index in [0.717, 1.165) is 22.3 Å². The summed E-state index contributed by atoms with van der Waals surface area (Å²) < 4.78 is 24.9. The van der Waals surface area contributed by atoms with Gasteiger partial charge in [0.25, 0.3) is 5.91 Å². The van der Waals surface area contributed by atoms with Crippen LogP contribution in [0.5, 0.6) is 11.5 Å². The first kappa shape index (κ1) is 25.5. The highest BCUT2D eigenvalue weighted by molar-refractivity contribution is 8.18. The molecule has 1 N–H and O–H groups in total. The van der Waals surface area contributed by atoms with E-state index in [0.29, 0.717) is 38.7 Å². The first-order valence-corrected chi connectivity index (χ1v) is 12.3. The molecule has 0 atom stereocenters. The number of nitrogens with one attached hydrogen (secondary N) is 1. The van der Waals surface area contributed by atoms with Crippen LogP contribution in [-0.4, -0.2) is 18.2 Å². The summed E-state index contributed by atoms with van der Waals surface area (Å²) >= 11 is 7.44. The molecule has 0 bridgehead atoms. The molecular weight excluding hydrogens is 499 g/mol. The number of ether oxygens (including phenoxy) is 2. The van der Waals surface area contributed by atoms with Crippen LogP contribution in [0.15, 0.2) is 77.1 Å². The lowest BCUT2D eigenvalue weighted by Crippen LogP contribution is -2.19. The Bertz CT molecular complexity index is 1370. The van der Waals surface area contributed by atoms with Crippen LogP contribution in [0, 0.1) is 12.7 Å². The standard InChI is InChI=1S/C28H24ClFN2O3S/c1-4-6-20-13-19(14-24(34-3)26(20)35-16-18-9-11-21(30)12-10-18)15-25-27(33)32-28(36-25)31-23-8-5-7-22(29)17(23)2/h4-5,7-15H,1,6,16H2,2-3H3,(H,31,32,33)/b25-15+. The quantitative estimate of drug-likeness (QED) is 0.256. The Morgan fingerprint density at radius 2 is 1.97 bits per heavy atom. The van der Waals surface area contributed by atoms with Crippen molar-refractivity contribution in [3.8, 4) is 11.5 Å². The number of aliphatic imine (C=N–C) groups is 1. The summed E-state index contributed by atoms with van der Waals surface area (Å²) in [7, 11) is 1.56. The van der Waals surface area contributed by atoms with Crippen LogP contribution < -0.4 is 14.8 Å². The van der Waals surface area contributed by atoms with Gasteiger partial charge in [0.1, 0.15) is 12.4 Å². The number of amidine groups is 1. The number of hydrogen-bond acceptors (Lipinski definition) is 5. The molecule has 1 aliphatic rings. The number of methoxy groups -OCH3 is 1. The largest absolute Gasteiger partial charge is 0.493 e. The summed E-state index contributed by atoms with van der Waals surface area (Å²) in [6, 6.07) is 15.3. The minimum atomic E-state index is -0.300. The number of carbonyl (C=O) groups excluding carboxylic acids is 1. The van der Waals surface area contributed by atoms with E-state index in [1.54, 1.807) is 37.5 Å². The number of rotatable bonds is 8. The lowest BCUT2D eigenvalue weighted by atomic mass is 10.0. The Labute approximate surface area is 218 Å². The fourth-order valence-corrected chi connectivity index (χ4v) is 4.59. The predicted molar refractivity (Wildman–Crippen MR) is 145 cm³/mol. The molecule has 0 unspecified atom stereocenters. The van der Waals surface area contributed by atoms with Gasteiger partial charge < -0.3 is 14.8 Å². The van der Waals surface area contributed by atoms with Gasteiger partial charge in [0.05, 0.1) is 17.7 Å². The van der Waals surface area contributed by atoms with Crippen molar-refractivity contribution in [3.05, 3.63) is 105 Å². The van der Waals surface area contributed by atoms with Crippen LogP contribution in [-0.2, 0) is 17.8 Å². The molecule has 3 aromatic carbocycles. The van der Waals surface area contributed by atoms with E-state index in [9.17, 15) is 9.18 Å². The average Bonchev–Trinajstić information content (AvgIpc) is 3.20. The second-order valence-corrected chi connectivity index (χ2v) is 9.42. The molecule has 1 aliphatic heterocycles. The van der Waals surface area contributed by atoms with Gasteiger partial charge in [-0.15, -0.1) is 6.58 Å². The van der Waals surface area contributed by atoms with Gasteiger partial charge in [-0.2, -0.15) is 0 Å². The SMILES string of the molecule is C=CCc1cc(/C=C2/SC(=Nc3cccc(Cl)c3C)NC2=O)cc(OC)c1OCc1ccc(F)cc1. The molecule has 0 spiro atoms. The fraction of sp³-hybridized carbons (Fsp3) is 0.143. The summed E-state index contributed by atoms with van der Waals surface area (Å²) in [5, 5.41) is 3.90. The zero-order chi connectivity index (χ0) is 25.7. The van der Waals surface area contributed by atoms with Crippen molar-refractivity contribution in [1.82, 2.24) is 5.32 Å². The number of amides is 1. The molecule has 0 radical (unpaired) electrons. The number of nitrogens with zero attached hydrogens (tertiary/aromatic N) is 1. The molecule has 3 aromatic rings. The van der Waals surface area contributed by atoms with E-state index >= 15 is 0 Å². The minimum absolute atomic E-state index is 0.237. The number of allylic oxidation sites excluding steroid dienone is 1. The van der Waals surface area contributed by atoms with Crippen molar-refractivity contribution in [2.24, 2.45) is 4.99 Å². The maximum absolute atomic E-state index is 13.2. The average molecular weight is 523 g/mol. The van der Waals surface area contributed by atoms with E-state index < -0.39 is 0 Å². The molecule has 0 aromatic heterocycles. The van der Waals surface area contributed by atoms with Gasteiger partial charge in [-0.1, -0.05) is 35.9 Å². The van der Waals surface area contributed by atoms with E-state index in [1.807, 2.05) is 31.2 Å². The normalized spacial score (nSPS) is 15.3. The van der Waals surface area contributed by atoms with Gasteiger partial charge in [-0.05, 0) is 84.3 Å². The van der Waals surface area contributed by atoms with Gasteiger partial charge in [0.15, 0.2) is 16.7 Å². The Morgan fingerprint density at radius 3 is 2.69 bits per heavy atom. The molecule has 0 saturated carbocycles. The highest BCUT2D eigenvalue weighted by Gasteiger charge is 2.24. The van der Waals surface area contributed by atoms with E-state index in [-0.39, 0.29) is 18.3 Å². The van der Waals surface area contributed by atoms with Crippen LogP contribution in [0.4, 0.5) is 10.1 Å². The third-order valence-corrected chi connectivity index (χ3v) is 6.76.